The summed E-state index contributed by atoms with van der Waals surface area (Å²) in [5.41, 5.74) is 11.0. The Morgan fingerprint density at radius 2 is 1.30 bits per heavy atom. The third-order valence-electron chi connectivity index (χ3n) is 4.82. The van der Waals surface area contributed by atoms with Crippen LogP contribution in [0.15, 0.2) is 36.7 Å². The highest BCUT2D eigenvalue weighted by atomic mass is 14.8. The summed E-state index contributed by atoms with van der Waals surface area (Å²) in [7, 11) is 0. The van der Waals surface area contributed by atoms with Crippen LogP contribution in [0.3, 0.4) is 0 Å². The molecule has 2 aromatic heterocycles. The summed E-state index contributed by atoms with van der Waals surface area (Å²) in [5, 5.41) is 0. The molecule has 0 aliphatic heterocycles. The Morgan fingerprint density at radius 3 is 1.95 bits per heavy atom. The highest BCUT2D eigenvalue weighted by molar-refractivity contribution is 5.77. The number of fused-ring (bicyclic) bond motifs is 1. The van der Waals surface area contributed by atoms with E-state index in [-0.39, 0.29) is 0 Å². The summed E-state index contributed by atoms with van der Waals surface area (Å²) in [5.74, 6) is 0. The quantitative estimate of drug-likeness (QED) is 0.572. The van der Waals surface area contributed by atoms with Crippen LogP contribution < -0.4 is 0 Å². The molecule has 0 aliphatic carbocycles. The molecule has 1 heteroatoms. The van der Waals surface area contributed by atoms with Crippen LogP contribution in [-0.2, 0) is 0 Å². The van der Waals surface area contributed by atoms with E-state index in [0.29, 0.717) is 0 Å². The average molecular weight is 263 g/mol. The van der Waals surface area contributed by atoms with Gasteiger partial charge >= 0.3 is 0 Å². The van der Waals surface area contributed by atoms with Crippen molar-refractivity contribution in [2.75, 3.05) is 0 Å². The maximum Gasteiger partial charge on any atom is 0.0456 e. The molecule has 0 unspecified atom stereocenters. The minimum atomic E-state index is 1.25. The van der Waals surface area contributed by atoms with E-state index in [1.807, 2.05) is 0 Å². The van der Waals surface area contributed by atoms with Crippen molar-refractivity contribution in [3.8, 4) is 11.1 Å². The summed E-state index contributed by atoms with van der Waals surface area (Å²) < 4.78 is 2.15. The van der Waals surface area contributed by atoms with Gasteiger partial charge in [-0.25, -0.2) is 0 Å². The number of hydrogen-bond acceptors (Lipinski definition) is 0. The normalized spacial score (nSPS) is 11.2. The van der Waals surface area contributed by atoms with E-state index in [1.54, 1.807) is 0 Å². The molecule has 0 amide bonds. The van der Waals surface area contributed by atoms with Gasteiger partial charge in [-0.2, -0.15) is 0 Å². The summed E-state index contributed by atoms with van der Waals surface area (Å²) >= 11 is 0. The number of nitrogens with zero attached hydrogens (tertiary/aromatic N) is 1. The van der Waals surface area contributed by atoms with Crippen molar-refractivity contribution in [1.29, 1.82) is 0 Å². The second kappa shape index (κ2) is 4.52. The van der Waals surface area contributed by atoms with E-state index >= 15 is 0 Å². The number of pyridine rings is 1. The van der Waals surface area contributed by atoms with E-state index in [1.165, 1.54) is 44.5 Å². The Balaban J connectivity index is 2.33. The smallest absolute Gasteiger partial charge is 0.0456 e. The van der Waals surface area contributed by atoms with Gasteiger partial charge in [0.15, 0.2) is 0 Å². The van der Waals surface area contributed by atoms with Gasteiger partial charge in [-0.1, -0.05) is 0 Å². The fourth-order valence-electron chi connectivity index (χ4n) is 3.12. The van der Waals surface area contributed by atoms with Crippen molar-refractivity contribution in [3.05, 3.63) is 64.5 Å². The molecule has 1 aromatic carbocycles. The van der Waals surface area contributed by atoms with Crippen LogP contribution in [0.5, 0.6) is 0 Å². The van der Waals surface area contributed by atoms with E-state index in [9.17, 15) is 0 Å². The predicted molar refractivity (Wildman–Crippen MR) is 86.5 cm³/mol. The Kier molecular flexibility index (Phi) is 2.93. The first-order valence-corrected chi connectivity index (χ1v) is 7.14. The summed E-state index contributed by atoms with van der Waals surface area (Å²) in [6.07, 6.45) is 4.23. The second-order valence-electron chi connectivity index (χ2n) is 5.76. The van der Waals surface area contributed by atoms with Crippen LogP contribution in [0.4, 0.5) is 0 Å². The molecule has 0 saturated carbocycles. The Labute approximate surface area is 120 Å². The summed E-state index contributed by atoms with van der Waals surface area (Å²) in [4.78, 5) is 0. The summed E-state index contributed by atoms with van der Waals surface area (Å²) in [6, 6.07) is 8.74. The molecule has 3 rings (SSSR count). The molecule has 0 bridgehead atoms. The van der Waals surface area contributed by atoms with Crippen LogP contribution in [0.25, 0.3) is 16.6 Å². The van der Waals surface area contributed by atoms with Gasteiger partial charge in [0.05, 0.1) is 0 Å². The Bertz CT molecular complexity index is 777. The molecule has 0 spiro atoms. The lowest BCUT2D eigenvalue weighted by molar-refractivity contribution is 1.17. The fraction of sp³-hybridized carbons (Fsp3) is 0.263. The largest absolute Gasteiger partial charge is 0.324 e. The van der Waals surface area contributed by atoms with Gasteiger partial charge in [0.2, 0.25) is 0 Å². The Morgan fingerprint density at radius 1 is 0.700 bits per heavy atom. The van der Waals surface area contributed by atoms with Crippen LogP contribution in [0, 0.1) is 34.6 Å². The van der Waals surface area contributed by atoms with Crippen LogP contribution >= 0.6 is 0 Å². The molecule has 102 valence electrons. The molecule has 2 heterocycles. The van der Waals surface area contributed by atoms with E-state index < -0.39 is 0 Å². The van der Waals surface area contributed by atoms with Crippen LogP contribution in [-0.4, -0.2) is 4.40 Å². The first kappa shape index (κ1) is 13.0. The van der Waals surface area contributed by atoms with Crippen molar-refractivity contribution in [1.82, 2.24) is 4.40 Å². The van der Waals surface area contributed by atoms with Gasteiger partial charge in [-0.3, -0.25) is 0 Å². The summed E-state index contributed by atoms with van der Waals surface area (Å²) in [6.45, 7) is 11.2. The molecule has 0 N–H and O–H groups in total. The highest BCUT2D eigenvalue weighted by Crippen LogP contribution is 2.34. The SMILES string of the molecule is Cc1c(C)c(C)c(-c2ccn3cccc3c2)c(C)c1C. The zero-order chi connectivity index (χ0) is 14.4. The van der Waals surface area contributed by atoms with E-state index in [4.69, 9.17) is 0 Å². The van der Waals surface area contributed by atoms with Gasteiger partial charge in [-0.05, 0) is 97.8 Å². The molecular weight excluding hydrogens is 242 g/mol. The third kappa shape index (κ3) is 1.77. The van der Waals surface area contributed by atoms with Crippen molar-refractivity contribution in [2.24, 2.45) is 0 Å². The lowest BCUT2D eigenvalue weighted by atomic mass is 9.86. The molecule has 3 aromatic rings. The zero-order valence-corrected chi connectivity index (χ0v) is 12.9. The topological polar surface area (TPSA) is 4.41 Å². The molecular formula is C19H21N. The lowest BCUT2D eigenvalue weighted by Gasteiger charge is -2.19. The number of aromatic nitrogens is 1. The molecule has 20 heavy (non-hydrogen) atoms. The maximum atomic E-state index is 2.28. The molecule has 0 fully saturated rings. The van der Waals surface area contributed by atoms with Crippen molar-refractivity contribution >= 4 is 5.52 Å². The van der Waals surface area contributed by atoms with Gasteiger partial charge in [0.1, 0.15) is 0 Å². The molecule has 0 saturated heterocycles. The van der Waals surface area contributed by atoms with Gasteiger partial charge in [0.25, 0.3) is 0 Å². The highest BCUT2D eigenvalue weighted by Gasteiger charge is 2.13. The van der Waals surface area contributed by atoms with Crippen LogP contribution in [0.1, 0.15) is 27.8 Å². The van der Waals surface area contributed by atoms with Crippen molar-refractivity contribution in [3.63, 3.8) is 0 Å². The minimum Gasteiger partial charge on any atom is -0.324 e. The van der Waals surface area contributed by atoms with Gasteiger partial charge < -0.3 is 4.40 Å². The second-order valence-corrected chi connectivity index (χ2v) is 5.76. The first-order valence-electron chi connectivity index (χ1n) is 7.14. The van der Waals surface area contributed by atoms with E-state index in [0.717, 1.165) is 0 Å². The monoisotopic (exact) mass is 263 g/mol. The number of hydrogen-bond donors (Lipinski definition) is 0. The van der Waals surface area contributed by atoms with Crippen molar-refractivity contribution in [2.45, 2.75) is 34.6 Å². The average Bonchev–Trinajstić information content (AvgIpc) is 2.91. The van der Waals surface area contributed by atoms with Gasteiger partial charge in [0, 0.05) is 17.9 Å². The van der Waals surface area contributed by atoms with Crippen molar-refractivity contribution < 1.29 is 0 Å². The fourth-order valence-corrected chi connectivity index (χ4v) is 3.12. The minimum absolute atomic E-state index is 1.25. The van der Waals surface area contributed by atoms with Crippen LogP contribution in [0.2, 0.25) is 0 Å². The first-order chi connectivity index (χ1) is 9.50. The molecule has 0 radical (unpaired) electrons. The zero-order valence-electron chi connectivity index (χ0n) is 12.9. The third-order valence-corrected chi connectivity index (χ3v) is 4.82. The Hall–Kier alpha value is -2.02. The molecule has 0 aliphatic rings. The standard InChI is InChI=1S/C19H21N/c1-12-13(2)15(4)19(16(5)14(12)3)17-8-10-20-9-6-7-18(20)11-17/h6-11H,1-5H3. The molecule has 1 nitrogen and oxygen atoms in total. The maximum absolute atomic E-state index is 2.28. The predicted octanol–water partition coefficient (Wildman–Crippen LogP) is 5.15. The number of rotatable bonds is 1. The van der Waals surface area contributed by atoms with Gasteiger partial charge in [-0.15, -0.1) is 0 Å². The number of benzene rings is 1. The molecule has 0 atom stereocenters. The lowest BCUT2D eigenvalue weighted by Crippen LogP contribution is -1.99. The van der Waals surface area contributed by atoms with E-state index in [2.05, 4.69) is 75.7 Å².